The Kier molecular flexibility index (Phi) is 5.69. The zero-order valence-electron chi connectivity index (χ0n) is 14.9. The topological polar surface area (TPSA) is 142 Å². The predicted molar refractivity (Wildman–Crippen MR) is 94.7 cm³/mol. The lowest BCUT2D eigenvalue weighted by atomic mass is 10.0. The maximum absolute atomic E-state index is 12.9. The second-order valence-electron chi connectivity index (χ2n) is 6.36. The molecule has 0 aliphatic carbocycles. The molecule has 0 spiro atoms. The predicted octanol–water partition coefficient (Wildman–Crippen LogP) is -0.00900. The van der Waals surface area contributed by atoms with Crippen molar-refractivity contribution in [3.8, 4) is 0 Å². The Morgan fingerprint density at radius 2 is 2.00 bits per heavy atom. The van der Waals surface area contributed by atoms with E-state index in [-0.39, 0.29) is 43.6 Å². The average molecular weight is 389 g/mol. The molecule has 1 unspecified atom stereocenters. The SMILES string of the molecule is O=C(O)CCOCCNc1cccc2c1C(=O)N(C1CCC(=O)NC1=O)C2=O. The van der Waals surface area contributed by atoms with Crippen LogP contribution in [0.1, 0.15) is 40.0 Å². The van der Waals surface area contributed by atoms with Crippen LogP contribution in [0.2, 0.25) is 0 Å². The van der Waals surface area contributed by atoms with Crippen LogP contribution in [0, 0.1) is 0 Å². The van der Waals surface area contributed by atoms with Crippen LogP contribution in [0.4, 0.5) is 5.69 Å². The van der Waals surface area contributed by atoms with Crippen LogP contribution >= 0.6 is 0 Å². The molecular weight excluding hydrogens is 370 g/mol. The Morgan fingerprint density at radius 1 is 1.21 bits per heavy atom. The summed E-state index contributed by atoms with van der Waals surface area (Å²) >= 11 is 0. The number of aliphatic carboxylic acids is 1. The average Bonchev–Trinajstić information content (AvgIpc) is 2.90. The van der Waals surface area contributed by atoms with Crippen molar-refractivity contribution in [2.45, 2.75) is 25.3 Å². The van der Waals surface area contributed by atoms with Gasteiger partial charge in [0, 0.05) is 18.7 Å². The first-order chi connectivity index (χ1) is 13.4. The zero-order valence-corrected chi connectivity index (χ0v) is 14.9. The summed E-state index contributed by atoms with van der Waals surface area (Å²) in [6.07, 6.45) is 0.0492. The molecule has 2 aliphatic heterocycles. The number of hydrogen-bond donors (Lipinski definition) is 3. The van der Waals surface area contributed by atoms with Gasteiger partial charge in [0.25, 0.3) is 11.8 Å². The van der Waals surface area contributed by atoms with E-state index < -0.39 is 35.6 Å². The lowest BCUT2D eigenvalue weighted by molar-refractivity contribution is -0.138. The van der Waals surface area contributed by atoms with Crippen LogP contribution in [0.3, 0.4) is 0 Å². The molecule has 0 aromatic heterocycles. The van der Waals surface area contributed by atoms with E-state index >= 15 is 0 Å². The summed E-state index contributed by atoms with van der Waals surface area (Å²) in [4.78, 5) is 60.3. The zero-order chi connectivity index (χ0) is 20.3. The molecule has 1 atom stereocenters. The van der Waals surface area contributed by atoms with E-state index in [1.807, 2.05) is 0 Å². The largest absolute Gasteiger partial charge is 0.481 e. The number of ether oxygens (including phenoxy) is 1. The Hall–Kier alpha value is -3.27. The number of anilines is 1. The summed E-state index contributed by atoms with van der Waals surface area (Å²) in [6, 6.07) is 3.74. The minimum absolute atomic E-state index is 0.0581. The molecule has 1 aromatic rings. The molecule has 2 heterocycles. The van der Waals surface area contributed by atoms with Crippen LogP contribution in [-0.2, 0) is 19.1 Å². The van der Waals surface area contributed by atoms with Crippen LogP contribution < -0.4 is 10.6 Å². The summed E-state index contributed by atoms with van der Waals surface area (Å²) in [7, 11) is 0. The summed E-state index contributed by atoms with van der Waals surface area (Å²) in [5, 5.41) is 13.7. The van der Waals surface area contributed by atoms with E-state index in [4.69, 9.17) is 9.84 Å². The summed E-state index contributed by atoms with van der Waals surface area (Å²) in [6.45, 7) is 0.594. The summed E-state index contributed by atoms with van der Waals surface area (Å²) < 4.78 is 5.18. The van der Waals surface area contributed by atoms with Crippen molar-refractivity contribution in [2.24, 2.45) is 0 Å². The van der Waals surface area contributed by atoms with Gasteiger partial charge in [0.2, 0.25) is 11.8 Å². The van der Waals surface area contributed by atoms with Crippen molar-refractivity contribution in [3.05, 3.63) is 29.3 Å². The van der Waals surface area contributed by atoms with Gasteiger partial charge in [-0.2, -0.15) is 0 Å². The first-order valence-electron chi connectivity index (χ1n) is 8.78. The first kappa shape index (κ1) is 19.5. The molecule has 2 aliphatic rings. The molecule has 148 valence electrons. The molecule has 10 nitrogen and oxygen atoms in total. The quantitative estimate of drug-likeness (QED) is 0.416. The Bertz CT molecular complexity index is 852. The maximum atomic E-state index is 12.9. The smallest absolute Gasteiger partial charge is 0.305 e. The number of fused-ring (bicyclic) bond motifs is 1. The Labute approximate surface area is 159 Å². The number of rotatable bonds is 8. The number of carboxylic acid groups (broad SMARTS) is 1. The third kappa shape index (κ3) is 3.86. The van der Waals surface area contributed by atoms with E-state index in [1.54, 1.807) is 12.1 Å². The number of carbonyl (C=O) groups excluding carboxylic acids is 4. The summed E-state index contributed by atoms with van der Waals surface area (Å²) in [5.41, 5.74) is 0.779. The van der Waals surface area contributed by atoms with Crippen LogP contribution in [0.15, 0.2) is 18.2 Å². The number of hydrogen-bond acceptors (Lipinski definition) is 7. The van der Waals surface area contributed by atoms with Gasteiger partial charge in [-0.25, -0.2) is 0 Å². The molecule has 3 N–H and O–H groups in total. The lowest BCUT2D eigenvalue weighted by Crippen LogP contribution is -2.54. The Balaban J connectivity index is 1.69. The Morgan fingerprint density at radius 3 is 2.71 bits per heavy atom. The summed E-state index contributed by atoms with van der Waals surface area (Å²) in [5.74, 6) is -3.21. The van der Waals surface area contributed by atoms with Gasteiger partial charge in [0.05, 0.1) is 30.8 Å². The second-order valence-corrected chi connectivity index (χ2v) is 6.36. The first-order valence-corrected chi connectivity index (χ1v) is 8.78. The van der Waals surface area contributed by atoms with Gasteiger partial charge in [-0.05, 0) is 18.6 Å². The minimum Gasteiger partial charge on any atom is -0.481 e. The number of nitrogens with one attached hydrogen (secondary N) is 2. The molecule has 3 rings (SSSR count). The normalized spacial score (nSPS) is 18.9. The van der Waals surface area contributed by atoms with Crippen molar-refractivity contribution in [1.29, 1.82) is 0 Å². The molecule has 4 amide bonds. The van der Waals surface area contributed by atoms with Gasteiger partial charge >= 0.3 is 5.97 Å². The number of piperidine rings is 1. The highest BCUT2D eigenvalue weighted by molar-refractivity contribution is 6.25. The number of carbonyl (C=O) groups is 5. The van der Waals surface area contributed by atoms with Crippen molar-refractivity contribution < 1.29 is 33.8 Å². The molecule has 0 saturated carbocycles. The van der Waals surface area contributed by atoms with Crippen molar-refractivity contribution in [1.82, 2.24) is 10.2 Å². The number of benzene rings is 1. The fraction of sp³-hybridized carbons (Fsp3) is 0.389. The maximum Gasteiger partial charge on any atom is 0.305 e. The highest BCUT2D eigenvalue weighted by Gasteiger charge is 2.45. The van der Waals surface area contributed by atoms with Gasteiger partial charge < -0.3 is 15.2 Å². The highest BCUT2D eigenvalue weighted by atomic mass is 16.5. The number of carboxylic acids is 1. The molecule has 1 saturated heterocycles. The fourth-order valence-electron chi connectivity index (χ4n) is 3.18. The van der Waals surface area contributed by atoms with Crippen molar-refractivity contribution in [3.63, 3.8) is 0 Å². The number of amides is 4. The minimum atomic E-state index is -1.02. The molecule has 10 heteroatoms. The monoisotopic (exact) mass is 389 g/mol. The fourth-order valence-corrected chi connectivity index (χ4v) is 3.18. The van der Waals surface area contributed by atoms with Gasteiger partial charge in [-0.15, -0.1) is 0 Å². The van der Waals surface area contributed by atoms with Gasteiger partial charge in [-0.3, -0.25) is 34.2 Å². The van der Waals surface area contributed by atoms with Crippen molar-refractivity contribution in [2.75, 3.05) is 25.1 Å². The van der Waals surface area contributed by atoms with E-state index in [0.717, 1.165) is 4.90 Å². The van der Waals surface area contributed by atoms with E-state index in [9.17, 15) is 24.0 Å². The second kappa shape index (κ2) is 8.17. The molecule has 28 heavy (non-hydrogen) atoms. The molecule has 0 bridgehead atoms. The van der Waals surface area contributed by atoms with E-state index in [2.05, 4.69) is 10.6 Å². The van der Waals surface area contributed by atoms with Crippen LogP contribution in [-0.4, -0.2) is 65.4 Å². The van der Waals surface area contributed by atoms with Crippen LogP contribution in [0.25, 0.3) is 0 Å². The number of nitrogens with zero attached hydrogens (tertiary/aromatic N) is 1. The molecular formula is C18H19N3O7. The van der Waals surface area contributed by atoms with Gasteiger partial charge in [0.1, 0.15) is 6.04 Å². The molecule has 0 radical (unpaired) electrons. The molecule has 1 fully saturated rings. The number of imide groups is 2. The third-order valence-electron chi connectivity index (χ3n) is 4.49. The van der Waals surface area contributed by atoms with Gasteiger partial charge in [-0.1, -0.05) is 6.07 Å². The van der Waals surface area contributed by atoms with E-state index in [1.165, 1.54) is 6.07 Å². The van der Waals surface area contributed by atoms with Gasteiger partial charge in [0.15, 0.2) is 0 Å². The highest BCUT2D eigenvalue weighted by Crippen LogP contribution is 2.32. The standard InChI is InChI=1S/C18H19N3O7/c22-13-5-4-12(16(25)20-13)21-17(26)10-2-1-3-11(15(10)18(21)27)19-7-9-28-8-6-14(23)24/h1-3,12,19H,4-9H2,(H,23,24)(H,20,22,25). The van der Waals surface area contributed by atoms with Crippen LogP contribution in [0.5, 0.6) is 0 Å². The third-order valence-corrected chi connectivity index (χ3v) is 4.49. The van der Waals surface area contributed by atoms with Crippen molar-refractivity contribution >= 4 is 35.3 Å². The molecule has 1 aromatic carbocycles. The van der Waals surface area contributed by atoms with E-state index in [0.29, 0.717) is 12.2 Å². The lowest BCUT2D eigenvalue weighted by Gasteiger charge is -2.27.